The second-order valence-electron chi connectivity index (χ2n) is 4.66. The van der Waals surface area contributed by atoms with Crippen LogP contribution >= 0.6 is 0 Å². The van der Waals surface area contributed by atoms with Crippen LogP contribution in [0, 0.1) is 19.3 Å². The fraction of sp³-hybridized carbons (Fsp3) is 0.286. The molecule has 1 aliphatic heterocycles. The van der Waals surface area contributed by atoms with Crippen molar-refractivity contribution in [1.82, 2.24) is 10.1 Å². The lowest BCUT2D eigenvalue weighted by molar-refractivity contribution is 0.385. The number of hydrogen-bond donors (Lipinski definition) is 1. The third-order valence-corrected chi connectivity index (χ3v) is 3.48. The molecule has 0 saturated carbocycles. The summed E-state index contributed by atoms with van der Waals surface area (Å²) in [6, 6.07) is 8.08. The van der Waals surface area contributed by atoms with Gasteiger partial charge < -0.3 is 9.42 Å². The summed E-state index contributed by atoms with van der Waals surface area (Å²) in [5, 5.41) is 12.2. The van der Waals surface area contributed by atoms with Crippen LogP contribution in [0.15, 0.2) is 28.8 Å². The van der Waals surface area contributed by atoms with Crippen LogP contribution in [-0.2, 0) is 13.1 Å². The van der Waals surface area contributed by atoms with Gasteiger partial charge in [-0.3, -0.25) is 5.41 Å². The van der Waals surface area contributed by atoms with Gasteiger partial charge in [0.15, 0.2) is 0 Å². The van der Waals surface area contributed by atoms with E-state index in [-0.39, 0.29) is 0 Å². The third-order valence-electron chi connectivity index (χ3n) is 3.48. The zero-order chi connectivity index (χ0) is 12.7. The number of aryl methyl sites for hydroxylation is 2. The van der Waals surface area contributed by atoms with E-state index in [1.165, 1.54) is 5.56 Å². The molecule has 0 radical (unpaired) electrons. The molecule has 0 fully saturated rings. The Morgan fingerprint density at radius 1 is 1.33 bits per heavy atom. The number of nitrogens with zero attached hydrogens (tertiary/aromatic N) is 2. The molecular weight excluding hydrogens is 226 g/mol. The highest BCUT2D eigenvalue weighted by atomic mass is 16.5. The number of fused-ring (bicyclic) bond motifs is 1. The maximum absolute atomic E-state index is 8.21. The van der Waals surface area contributed by atoms with Crippen molar-refractivity contribution >= 4 is 5.84 Å². The Morgan fingerprint density at radius 3 is 2.78 bits per heavy atom. The highest BCUT2D eigenvalue weighted by molar-refractivity contribution is 6.00. The predicted molar refractivity (Wildman–Crippen MR) is 68.5 cm³/mol. The van der Waals surface area contributed by atoms with E-state index in [1.807, 2.05) is 32.0 Å². The van der Waals surface area contributed by atoms with Crippen molar-refractivity contribution in [3.8, 4) is 0 Å². The lowest BCUT2D eigenvalue weighted by Crippen LogP contribution is -2.23. The molecule has 1 aromatic carbocycles. The minimum atomic E-state index is 0.589. The second-order valence-corrected chi connectivity index (χ2v) is 4.66. The Kier molecular flexibility index (Phi) is 2.44. The van der Waals surface area contributed by atoms with E-state index in [9.17, 15) is 0 Å². The monoisotopic (exact) mass is 241 g/mol. The SMILES string of the molecule is Cc1noc(C)c1CN1Cc2ccccc2C1=N. The van der Waals surface area contributed by atoms with Gasteiger partial charge in [0.25, 0.3) is 0 Å². The molecule has 1 N–H and O–H groups in total. The van der Waals surface area contributed by atoms with Crippen molar-refractivity contribution in [2.45, 2.75) is 26.9 Å². The normalized spacial score (nSPS) is 14.1. The summed E-state index contributed by atoms with van der Waals surface area (Å²) in [6.07, 6.45) is 0. The summed E-state index contributed by atoms with van der Waals surface area (Å²) in [5.41, 5.74) is 4.25. The lowest BCUT2D eigenvalue weighted by Gasteiger charge is -2.17. The molecule has 2 heterocycles. The largest absolute Gasteiger partial charge is 0.361 e. The molecular formula is C14H15N3O. The van der Waals surface area contributed by atoms with Gasteiger partial charge in [-0.2, -0.15) is 0 Å². The van der Waals surface area contributed by atoms with Crippen LogP contribution < -0.4 is 0 Å². The summed E-state index contributed by atoms with van der Waals surface area (Å²) in [6.45, 7) is 5.34. The second kappa shape index (κ2) is 3.98. The molecule has 18 heavy (non-hydrogen) atoms. The van der Waals surface area contributed by atoms with Crippen LogP contribution in [0.3, 0.4) is 0 Å². The highest BCUT2D eigenvalue weighted by Gasteiger charge is 2.25. The average Bonchev–Trinajstić information content (AvgIpc) is 2.85. The zero-order valence-corrected chi connectivity index (χ0v) is 10.5. The molecule has 0 unspecified atom stereocenters. The topological polar surface area (TPSA) is 53.1 Å². The van der Waals surface area contributed by atoms with Crippen molar-refractivity contribution in [2.75, 3.05) is 0 Å². The van der Waals surface area contributed by atoms with Gasteiger partial charge in [0, 0.05) is 17.7 Å². The Bertz CT molecular complexity index is 596. The average molecular weight is 241 g/mol. The molecule has 92 valence electrons. The van der Waals surface area contributed by atoms with Crippen molar-refractivity contribution in [3.05, 3.63) is 52.4 Å². The first-order valence-electron chi connectivity index (χ1n) is 6.00. The Labute approximate surface area is 106 Å². The van der Waals surface area contributed by atoms with Crippen molar-refractivity contribution in [2.24, 2.45) is 0 Å². The lowest BCUT2D eigenvalue weighted by atomic mass is 10.1. The summed E-state index contributed by atoms with van der Waals surface area (Å²) in [5.74, 6) is 1.43. The number of aromatic nitrogens is 1. The molecule has 0 saturated heterocycles. The number of hydrogen-bond acceptors (Lipinski definition) is 3. The van der Waals surface area contributed by atoms with Crippen molar-refractivity contribution in [3.63, 3.8) is 0 Å². The van der Waals surface area contributed by atoms with Gasteiger partial charge in [-0.15, -0.1) is 0 Å². The van der Waals surface area contributed by atoms with Crippen LogP contribution in [0.1, 0.15) is 28.1 Å². The fourth-order valence-electron chi connectivity index (χ4n) is 2.40. The molecule has 0 aliphatic carbocycles. The van der Waals surface area contributed by atoms with Gasteiger partial charge in [-0.05, 0) is 19.4 Å². The summed E-state index contributed by atoms with van der Waals surface area (Å²) >= 11 is 0. The van der Waals surface area contributed by atoms with E-state index < -0.39 is 0 Å². The standard InChI is InChI=1S/C14H15N3O/c1-9-13(10(2)18-16-9)8-17-7-11-5-3-4-6-12(11)14(17)15/h3-6,15H,7-8H2,1-2H3. The molecule has 0 bridgehead atoms. The van der Waals surface area contributed by atoms with E-state index in [2.05, 4.69) is 16.1 Å². The van der Waals surface area contributed by atoms with Gasteiger partial charge in [-0.25, -0.2) is 0 Å². The van der Waals surface area contributed by atoms with Crippen LogP contribution in [0.4, 0.5) is 0 Å². The fourth-order valence-corrected chi connectivity index (χ4v) is 2.40. The van der Waals surface area contributed by atoms with E-state index in [0.29, 0.717) is 12.4 Å². The highest BCUT2D eigenvalue weighted by Crippen LogP contribution is 2.25. The number of amidine groups is 1. The molecule has 0 amide bonds. The van der Waals surface area contributed by atoms with Crippen LogP contribution in [-0.4, -0.2) is 15.9 Å². The van der Waals surface area contributed by atoms with Gasteiger partial charge in [0.2, 0.25) is 0 Å². The minimum Gasteiger partial charge on any atom is -0.361 e. The molecule has 1 aromatic heterocycles. The van der Waals surface area contributed by atoms with Crippen LogP contribution in [0.2, 0.25) is 0 Å². The number of nitrogens with one attached hydrogen (secondary N) is 1. The summed E-state index contributed by atoms with van der Waals surface area (Å²) in [7, 11) is 0. The van der Waals surface area contributed by atoms with E-state index in [0.717, 1.165) is 29.1 Å². The third kappa shape index (κ3) is 1.61. The predicted octanol–water partition coefficient (Wildman–Crippen LogP) is 2.63. The molecule has 1 aliphatic rings. The molecule has 4 nitrogen and oxygen atoms in total. The van der Waals surface area contributed by atoms with Crippen molar-refractivity contribution in [1.29, 1.82) is 5.41 Å². The van der Waals surface area contributed by atoms with Gasteiger partial charge in [0.1, 0.15) is 11.6 Å². The Morgan fingerprint density at radius 2 is 2.11 bits per heavy atom. The maximum Gasteiger partial charge on any atom is 0.138 e. The van der Waals surface area contributed by atoms with E-state index in [1.54, 1.807) is 0 Å². The zero-order valence-electron chi connectivity index (χ0n) is 10.5. The first-order chi connectivity index (χ1) is 8.66. The van der Waals surface area contributed by atoms with Crippen LogP contribution in [0.5, 0.6) is 0 Å². The van der Waals surface area contributed by atoms with Gasteiger partial charge >= 0.3 is 0 Å². The number of rotatable bonds is 2. The Balaban J connectivity index is 1.88. The van der Waals surface area contributed by atoms with E-state index in [4.69, 9.17) is 9.93 Å². The molecule has 2 aromatic rings. The van der Waals surface area contributed by atoms with Gasteiger partial charge in [0.05, 0.1) is 12.2 Å². The molecule has 3 rings (SSSR count). The van der Waals surface area contributed by atoms with Crippen molar-refractivity contribution < 1.29 is 4.52 Å². The number of benzene rings is 1. The molecule has 0 atom stereocenters. The maximum atomic E-state index is 8.21. The quantitative estimate of drug-likeness (QED) is 0.879. The summed E-state index contributed by atoms with van der Waals surface area (Å²) < 4.78 is 5.17. The first-order valence-corrected chi connectivity index (χ1v) is 6.00. The smallest absolute Gasteiger partial charge is 0.138 e. The van der Waals surface area contributed by atoms with E-state index >= 15 is 0 Å². The molecule has 4 heteroatoms. The Hall–Kier alpha value is -2.10. The van der Waals surface area contributed by atoms with Crippen LogP contribution in [0.25, 0.3) is 0 Å². The minimum absolute atomic E-state index is 0.589. The summed E-state index contributed by atoms with van der Waals surface area (Å²) in [4.78, 5) is 2.05. The first kappa shape index (κ1) is 11.0. The van der Waals surface area contributed by atoms with Gasteiger partial charge in [-0.1, -0.05) is 29.4 Å². The molecule has 0 spiro atoms.